The number of aromatic hydroxyl groups is 1. The van der Waals surface area contributed by atoms with Crippen molar-refractivity contribution < 1.29 is 5.11 Å². The van der Waals surface area contributed by atoms with E-state index in [-0.39, 0.29) is 11.4 Å². The second-order valence-electron chi connectivity index (χ2n) is 2.63. The minimum absolute atomic E-state index is 0.0232. The lowest BCUT2D eigenvalue weighted by molar-refractivity contribution is 0.476. The summed E-state index contributed by atoms with van der Waals surface area (Å²) in [6.45, 7) is 0. The molecule has 0 unspecified atom stereocenters. The number of nitroso groups, excluding NO2 is 1. The topological polar surface area (TPSA) is 62.5 Å². The van der Waals surface area contributed by atoms with Gasteiger partial charge in [-0.1, -0.05) is 6.07 Å². The molecule has 0 saturated heterocycles. The number of benzene rings is 1. The van der Waals surface area contributed by atoms with Gasteiger partial charge in [-0.2, -0.15) is 0 Å². The van der Waals surface area contributed by atoms with Crippen LogP contribution < -0.4 is 0 Å². The summed E-state index contributed by atoms with van der Waals surface area (Å²) in [5, 5.41) is 12.7. The molecule has 0 atom stereocenters. The van der Waals surface area contributed by atoms with Crippen LogP contribution in [0.15, 0.2) is 35.6 Å². The molecule has 0 radical (unpaired) electrons. The molecular weight excluding hydrogens is 168 g/mol. The van der Waals surface area contributed by atoms with Crippen molar-refractivity contribution in [2.75, 3.05) is 0 Å². The van der Waals surface area contributed by atoms with Gasteiger partial charge in [0.15, 0.2) is 0 Å². The number of rotatable bonds is 1. The van der Waals surface area contributed by atoms with Gasteiger partial charge in [-0.15, -0.1) is 4.91 Å². The molecule has 0 bridgehead atoms. The molecule has 0 saturated carbocycles. The van der Waals surface area contributed by atoms with Gasteiger partial charge >= 0.3 is 0 Å². The molecule has 0 amide bonds. The van der Waals surface area contributed by atoms with E-state index in [1.165, 1.54) is 12.1 Å². The first-order chi connectivity index (χ1) is 6.31. The third-order valence-electron chi connectivity index (χ3n) is 1.77. The summed E-state index contributed by atoms with van der Waals surface area (Å²) in [4.78, 5) is 14.4. The van der Waals surface area contributed by atoms with Crippen LogP contribution in [-0.2, 0) is 0 Å². The first-order valence-electron chi connectivity index (χ1n) is 3.72. The third-order valence-corrected chi connectivity index (χ3v) is 1.77. The van der Waals surface area contributed by atoms with Crippen LogP contribution in [0.1, 0.15) is 0 Å². The van der Waals surface area contributed by atoms with E-state index in [9.17, 15) is 10.0 Å². The van der Waals surface area contributed by atoms with Gasteiger partial charge in [0.2, 0.25) is 0 Å². The van der Waals surface area contributed by atoms with Crippen LogP contribution in [0.3, 0.4) is 0 Å². The lowest BCUT2D eigenvalue weighted by Gasteiger charge is -1.98. The molecule has 1 N–H and O–H groups in total. The number of hydrogen-bond acceptors (Lipinski definition) is 4. The Kier molecular flexibility index (Phi) is 1.66. The lowest BCUT2D eigenvalue weighted by atomic mass is 10.2. The number of fused-ring (bicyclic) bond motifs is 1. The van der Waals surface area contributed by atoms with E-state index in [1.807, 2.05) is 0 Å². The molecule has 0 spiro atoms. The minimum Gasteiger partial charge on any atom is -0.508 e. The van der Waals surface area contributed by atoms with Crippen molar-refractivity contribution in [2.45, 2.75) is 0 Å². The van der Waals surface area contributed by atoms with E-state index in [0.717, 1.165) is 0 Å². The maximum Gasteiger partial charge on any atom is 0.137 e. The average molecular weight is 174 g/mol. The van der Waals surface area contributed by atoms with Crippen LogP contribution in [0.4, 0.5) is 5.69 Å². The molecule has 2 rings (SSSR count). The Labute approximate surface area is 73.8 Å². The minimum atomic E-state index is 0.0232. The Morgan fingerprint density at radius 2 is 2.23 bits per heavy atom. The maximum atomic E-state index is 10.4. The van der Waals surface area contributed by atoms with E-state index >= 15 is 0 Å². The highest BCUT2D eigenvalue weighted by molar-refractivity contribution is 5.90. The van der Waals surface area contributed by atoms with Crippen LogP contribution in [0.25, 0.3) is 10.9 Å². The number of pyridine rings is 1. The number of aromatic nitrogens is 1. The number of nitrogens with zero attached hydrogens (tertiary/aromatic N) is 2. The van der Waals surface area contributed by atoms with Gasteiger partial charge < -0.3 is 5.11 Å². The Morgan fingerprint density at radius 3 is 3.00 bits per heavy atom. The lowest BCUT2D eigenvalue weighted by Crippen LogP contribution is -1.77. The van der Waals surface area contributed by atoms with Crippen molar-refractivity contribution in [1.29, 1.82) is 0 Å². The van der Waals surface area contributed by atoms with E-state index in [1.54, 1.807) is 18.3 Å². The average Bonchev–Trinajstić information content (AvgIpc) is 2.16. The van der Waals surface area contributed by atoms with Crippen LogP contribution in [0.5, 0.6) is 5.75 Å². The molecule has 2 aromatic rings. The van der Waals surface area contributed by atoms with Gasteiger partial charge in [0.1, 0.15) is 11.4 Å². The summed E-state index contributed by atoms with van der Waals surface area (Å²) >= 11 is 0. The van der Waals surface area contributed by atoms with Gasteiger partial charge in [0.05, 0.1) is 5.52 Å². The van der Waals surface area contributed by atoms with Crippen molar-refractivity contribution in [3.63, 3.8) is 0 Å². The van der Waals surface area contributed by atoms with Crippen LogP contribution >= 0.6 is 0 Å². The standard InChI is InChI=1S/C9H6N2O2/c12-7-4-6-2-1-3-10-9(6)8(5-7)11-13/h1-5,12H. The first-order valence-corrected chi connectivity index (χ1v) is 3.72. The monoisotopic (exact) mass is 174 g/mol. The highest BCUT2D eigenvalue weighted by Crippen LogP contribution is 2.28. The Morgan fingerprint density at radius 1 is 1.38 bits per heavy atom. The van der Waals surface area contributed by atoms with Crippen molar-refractivity contribution >= 4 is 16.6 Å². The number of phenolic OH excluding ortho intramolecular Hbond substituents is 1. The summed E-state index contributed by atoms with van der Waals surface area (Å²) in [5.41, 5.74) is 0.672. The maximum absolute atomic E-state index is 10.4. The zero-order chi connectivity index (χ0) is 9.26. The zero-order valence-electron chi connectivity index (χ0n) is 6.64. The molecular formula is C9H6N2O2. The van der Waals surface area contributed by atoms with Crippen molar-refractivity contribution in [3.8, 4) is 5.75 Å². The third kappa shape index (κ3) is 1.22. The zero-order valence-corrected chi connectivity index (χ0v) is 6.64. The summed E-state index contributed by atoms with van der Waals surface area (Å²) < 4.78 is 0. The van der Waals surface area contributed by atoms with Gasteiger partial charge in [-0.05, 0) is 17.3 Å². The molecule has 0 aliphatic carbocycles. The Balaban J connectivity index is 2.89. The molecule has 1 aromatic heterocycles. The van der Waals surface area contributed by atoms with Gasteiger partial charge in [-0.25, -0.2) is 0 Å². The summed E-state index contributed by atoms with van der Waals surface area (Å²) in [7, 11) is 0. The van der Waals surface area contributed by atoms with E-state index in [2.05, 4.69) is 10.2 Å². The van der Waals surface area contributed by atoms with Crippen LogP contribution in [0, 0.1) is 4.91 Å². The van der Waals surface area contributed by atoms with E-state index in [4.69, 9.17) is 0 Å². The Hall–Kier alpha value is -1.97. The fourth-order valence-corrected chi connectivity index (χ4v) is 1.23. The summed E-state index contributed by atoms with van der Waals surface area (Å²) in [6.07, 6.45) is 1.58. The van der Waals surface area contributed by atoms with Crippen molar-refractivity contribution in [2.24, 2.45) is 5.18 Å². The van der Waals surface area contributed by atoms with Gasteiger partial charge in [0, 0.05) is 17.6 Å². The highest BCUT2D eigenvalue weighted by Gasteiger charge is 2.03. The van der Waals surface area contributed by atoms with Crippen LogP contribution in [0.2, 0.25) is 0 Å². The predicted molar refractivity (Wildman–Crippen MR) is 48.9 cm³/mol. The molecule has 13 heavy (non-hydrogen) atoms. The number of phenols is 1. The first kappa shape index (κ1) is 7.67. The highest BCUT2D eigenvalue weighted by atomic mass is 16.3. The summed E-state index contributed by atoms with van der Waals surface area (Å²) in [5.74, 6) is 0.0232. The molecule has 1 heterocycles. The molecule has 0 aliphatic heterocycles. The van der Waals surface area contributed by atoms with Crippen molar-refractivity contribution in [3.05, 3.63) is 35.4 Å². The second kappa shape index (κ2) is 2.82. The largest absolute Gasteiger partial charge is 0.508 e. The normalized spacial score (nSPS) is 10.2. The van der Waals surface area contributed by atoms with E-state index in [0.29, 0.717) is 10.9 Å². The molecule has 4 nitrogen and oxygen atoms in total. The Bertz CT molecular complexity index is 468. The SMILES string of the molecule is O=Nc1cc(O)cc2cccnc12. The van der Waals surface area contributed by atoms with E-state index < -0.39 is 0 Å². The summed E-state index contributed by atoms with van der Waals surface area (Å²) in [6, 6.07) is 6.33. The number of hydrogen-bond donors (Lipinski definition) is 1. The quantitative estimate of drug-likeness (QED) is 0.675. The molecule has 4 heteroatoms. The molecule has 0 fully saturated rings. The van der Waals surface area contributed by atoms with Gasteiger partial charge in [0.25, 0.3) is 0 Å². The smallest absolute Gasteiger partial charge is 0.137 e. The van der Waals surface area contributed by atoms with Crippen LogP contribution in [-0.4, -0.2) is 10.1 Å². The molecule has 1 aromatic carbocycles. The molecule has 64 valence electrons. The predicted octanol–water partition coefficient (Wildman–Crippen LogP) is 2.34. The second-order valence-corrected chi connectivity index (χ2v) is 2.63. The van der Waals surface area contributed by atoms with Gasteiger partial charge in [-0.3, -0.25) is 4.98 Å². The fourth-order valence-electron chi connectivity index (χ4n) is 1.23. The molecule has 0 aliphatic rings. The van der Waals surface area contributed by atoms with Crippen molar-refractivity contribution in [1.82, 2.24) is 4.98 Å². The fraction of sp³-hybridized carbons (Fsp3) is 0.